The first-order chi connectivity index (χ1) is 8.44. The van der Waals surface area contributed by atoms with E-state index in [9.17, 15) is 9.59 Å². The summed E-state index contributed by atoms with van der Waals surface area (Å²) >= 11 is 0. The van der Waals surface area contributed by atoms with Crippen LogP contribution in [-0.4, -0.2) is 35.9 Å². The number of hydrogen-bond acceptors (Lipinski definition) is 5. The van der Waals surface area contributed by atoms with Gasteiger partial charge in [0.15, 0.2) is 0 Å². The summed E-state index contributed by atoms with van der Waals surface area (Å²) in [6, 6.07) is -0.793. The molecular formula is C13H26N2O4. The summed E-state index contributed by atoms with van der Waals surface area (Å²) < 4.78 is 10.3. The molecule has 1 atom stereocenters. The highest BCUT2D eigenvalue weighted by Crippen LogP contribution is 2.11. The van der Waals surface area contributed by atoms with Gasteiger partial charge in [-0.1, -0.05) is 0 Å². The summed E-state index contributed by atoms with van der Waals surface area (Å²) in [7, 11) is 0. The number of hydrogen-bond donors (Lipinski definition) is 2. The van der Waals surface area contributed by atoms with Crippen molar-refractivity contribution in [1.82, 2.24) is 5.32 Å². The molecule has 6 nitrogen and oxygen atoms in total. The molecule has 0 aliphatic rings. The quantitative estimate of drug-likeness (QED) is 0.759. The van der Waals surface area contributed by atoms with Gasteiger partial charge in [-0.3, -0.25) is 0 Å². The van der Waals surface area contributed by atoms with Crippen LogP contribution in [0.5, 0.6) is 0 Å². The number of ether oxygens (including phenoxy) is 2. The van der Waals surface area contributed by atoms with Crippen LogP contribution in [0.15, 0.2) is 0 Å². The fourth-order valence-corrected chi connectivity index (χ4v) is 1.24. The first-order valence-corrected chi connectivity index (χ1v) is 6.37. The van der Waals surface area contributed by atoms with Gasteiger partial charge in [-0.15, -0.1) is 0 Å². The zero-order valence-electron chi connectivity index (χ0n) is 12.7. The summed E-state index contributed by atoms with van der Waals surface area (Å²) in [5.74, 6) is -0.510. The van der Waals surface area contributed by atoms with Crippen LogP contribution < -0.4 is 11.1 Å². The Morgan fingerprint density at radius 2 is 1.53 bits per heavy atom. The molecule has 0 aliphatic heterocycles. The minimum Gasteiger partial charge on any atom is -0.458 e. The van der Waals surface area contributed by atoms with E-state index < -0.39 is 29.3 Å². The number of amides is 1. The Morgan fingerprint density at radius 1 is 1.05 bits per heavy atom. The molecule has 0 aromatic heterocycles. The summed E-state index contributed by atoms with van der Waals surface area (Å²) in [4.78, 5) is 23.5. The van der Waals surface area contributed by atoms with Crippen LogP contribution in [0, 0.1) is 0 Å². The zero-order chi connectivity index (χ0) is 15.3. The van der Waals surface area contributed by atoms with Crippen molar-refractivity contribution < 1.29 is 19.1 Å². The molecule has 0 aromatic carbocycles. The lowest BCUT2D eigenvalue weighted by molar-refractivity contribution is -0.157. The van der Waals surface area contributed by atoms with Gasteiger partial charge in [0.25, 0.3) is 0 Å². The van der Waals surface area contributed by atoms with E-state index in [0.29, 0.717) is 6.42 Å². The van der Waals surface area contributed by atoms with E-state index in [1.165, 1.54) is 0 Å². The van der Waals surface area contributed by atoms with Crippen molar-refractivity contribution in [3.8, 4) is 0 Å². The number of carbonyl (C=O) groups excluding carboxylic acids is 2. The predicted octanol–water partition coefficient (Wildman–Crippen LogP) is 1.57. The average molecular weight is 274 g/mol. The van der Waals surface area contributed by atoms with Gasteiger partial charge in [0, 0.05) is 0 Å². The van der Waals surface area contributed by atoms with Crippen LogP contribution in [0.25, 0.3) is 0 Å². The second-order valence-corrected chi connectivity index (χ2v) is 6.31. The molecule has 1 amide bonds. The van der Waals surface area contributed by atoms with Crippen molar-refractivity contribution in [3.63, 3.8) is 0 Å². The van der Waals surface area contributed by atoms with Crippen LogP contribution in [0.4, 0.5) is 4.79 Å². The predicted molar refractivity (Wildman–Crippen MR) is 72.7 cm³/mol. The van der Waals surface area contributed by atoms with Gasteiger partial charge in [-0.25, -0.2) is 9.59 Å². The summed E-state index contributed by atoms with van der Waals surface area (Å²) in [5, 5.41) is 2.48. The van der Waals surface area contributed by atoms with Crippen molar-refractivity contribution in [2.75, 3.05) is 6.54 Å². The maximum Gasteiger partial charge on any atom is 0.408 e. The number of esters is 1. The highest BCUT2D eigenvalue weighted by Gasteiger charge is 2.27. The molecule has 0 aromatic rings. The van der Waals surface area contributed by atoms with Gasteiger partial charge in [-0.2, -0.15) is 0 Å². The third-order valence-corrected chi connectivity index (χ3v) is 1.84. The smallest absolute Gasteiger partial charge is 0.408 e. The number of nitrogens with one attached hydrogen (secondary N) is 1. The molecule has 0 saturated heterocycles. The Balaban J connectivity index is 4.57. The molecule has 0 radical (unpaired) electrons. The summed E-state index contributed by atoms with van der Waals surface area (Å²) in [6.45, 7) is 10.8. The number of rotatable bonds is 4. The minimum absolute atomic E-state index is 0.264. The molecule has 112 valence electrons. The first kappa shape index (κ1) is 17.7. The van der Waals surface area contributed by atoms with Crippen LogP contribution in [-0.2, 0) is 14.3 Å². The van der Waals surface area contributed by atoms with Crippen LogP contribution >= 0.6 is 0 Å². The lowest BCUT2D eigenvalue weighted by Gasteiger charge is -2.26. The largest absolute Gasteiger partial charge is 0.458 e. The number of alkyl carbamates (subject to hydrolysis) is 1. The van der Waals surface area contributed by atoms with E-state index in [0.717, 1.165) is 0 Å². The maximum absolute atomic E-state index is 11.9. The fourth-order valence-electron chi connectivity index (χ4n) is 1.24. The van der Waals surface area contributed by atoms with Crippen molar-refractivity contribution in [3.05, 3.63) is 0 Å². The van der Waals surface area contributed by atoms with Crippen molar-refractivity contribution in [1.29, 1.82) is 0 Å². The molecular weight excluding hydrogens is 248 g/mol. The zero-order valence-corrected chi connectivity index (χ0v) is 12.7. The van der Waals surface area contributed by atoms with Crippen molar-refractivity contribution in [2.45, 2.75) is 65.2 Å². The van der Waals surface area contributed by atoms with Gasteiger partial charge in [0.05, 0.1) is 0 Å². The third-order valence-electron chi connectivity index (χ3n) is 1.84. The fraction of sp³-hybridized carbons (Fsp3) is 0.846. The molecule has 0 heterocycles. The monoisotopic (exact) mass is 274 g/mol. The van der Waals surface area contributed by atoms with Gasteiger partial charge in [0.1, 0.15) is 17.2 Å². The van der Waals surface area contributed by atoms with Crippen LogP contribution in [0.3, 0.4) is 0 Å². The lowest BCUT2D eigenvalue weighted by atomic mass is 10.1. The molecule has 6 heteroatoms. The van der Waals surface area contributed by atoms with E-state index in [4.69, 9.17) is 15.2 Å². The molecule has 0 rings (SSSR count). The standard InChI is InChI=1S/C13H26N2O4/c1-12(2,3)18-10(16)9(7-8-14)15-11(17)19-13(4,5)6/h9H,7-8,14H2,1-6H3,(H,15,17). The molecule has 3 N–H and O–H groups in total. The second-order valence-electron chi connectivity index (χ2n) is 6.31. The molecule has 0 fully saturated rings. The Morgan fingerprint density at radius 3 is 1.89 bits per heavy atom. The van der Waals surface area contributed by atoms with E-state index in [-0.39, 0.29) is 6.54 Å². The molecule has 0 bridgehead atoms. The van der Waals surface area contributed by atoms with Gasteiger partial charge < -0.3 is 20.5 Å². The van der Waals surface area contributed by atoms with E-state index >= 15 is 0 Å². The number of nitrogens with two attached hydrogens (primary N) is 1. The minimum atomic E-state index is -0.793. The Hall–Kier alpha value is -1.30. The highest BCUT2D eigenvalue weighted by molar-refractivity contribution is 5.81. The Bertz CT molecular complexity index is 316. The average Bonchev–Trinajstić information content (AvgIpc) is 2.10. The summed E-state index contributed by atoms with van der Waals surface area (Å²) in [5.41, 5.74) is 4.20. The Kier molecular flexibility index (Phi) is 6.29. The topological polar surface area (TPSA) is 90.6 Å². The Labute approximate surface area is 115 Å². The van der Waals surface area contributed by atoms with E-state index in [1.54, 1.807) is 41.5 Å². The molecule has 0 saturated carbocycles. The number of carbonyl (C=O) groups is 2. The maximum atomic E-state index is 11.9. The normalized spacial score (nSPS) is 13.6. The van der Waals surface area contributed by atoms with Gasteiger partial charge in [0.2, 0.25) is 0 Å². The van der Waals surface area contributed by atoms with E-state index in [2.05, 4.69) is 5.32 Å². The van der Waals surface area contributed by atoms with Crippen molar-refractivity contribution >= 4 is 12.1 Å². The van der Waals surface area contributed by atoms with Crippen LogP contribution in [0.1, 0.15) is 48.0 Å². The SMILES string of the molecule is CC(C)(C)OC(=O)NC(CCN)C(=O)OC(C)(C)C. The van der Waals surface area contributed by atoms with Crippen molar-refractivity contribution in [2.24, 2.45) is 5.73 Å². The third kappa shape index (κ3) is 9.30. The van der Waals surface area contributed by atoms with Gasteiger partial charge in [-0.05, 0) is 54.5 Å². The molecule has 1 unspecified atom stereocenters. The van der Waals surface area contributed by atoms with Crippen LogP contribution in [0.2, 0.25) is 0 Å². The lowest BCUT2D eigenvalue weighted by Crippen LogP contribution is -2.46. The highest BCUT2D eigenvalue weighted by atomic mass is 16.6. The molecule has 0 aliphatic carbocycles. The second kappa shape index (κ2) is 6.75. The molecule has 0 spiro atoms. The van der Waals surface area contributed by atoms with E-state index in [1.807, 2.05) is 0 Å². The first-order valence-electron chi connectivity index (χ1n) is 6.37. The molecule has 19 heavy (non-hydrogen) atoms. The van der Waals surface area contributed by atoms with Gasteiger partial charge >= 0.3 is 12.1 Å². The summed E-state index contributed by atoms with van der Waals surface area (Å²) in [6.07, 6.45) is -0.356.